The van der Waals surface area contributed by atoms with Gasteiger partial charge in [-0.15, -0.1) is 0 Å². The molecule has 1 aromatic rings. The average Bonchev–Trinajstić information content (AvgIpc) is 2.51. The summed E-state index contributed by atoms with van der Waals surface area (Å²) in [6.07, 6.45) is 1.96. The minimum atomic E-state index is -1.03. The standard InChI is InChI=1S/C16H25N3O3/c1-17-8-4-10-19(2)11-5-9-18-15(20)13-6-3-7-14(12-13)16(21)22/h3,6-7,12,17H,4-5,8-11H2,1-2H3,(H,18,20)(H,21,22). The highest BCUT2D eigenvalue weighted by Gasteiger charge is 2.09. The van der Waals surface area contributed by atoms with Crippen molar-refractivity contribution in [3.05, 3.63) is 35.4 Å². The van der Waals surface area contributed by atoms with E-state index in [2.05, 4.69) is 22.6 Å². The van der Waals surface area contributed by atoms with Gasteiger partial charge in [0.2, 0.25) is 0 Å². The molecule has 0 atom stereocenters. The van der Waals surface area contributed by atoms with Gasteiger partial charge in [0.15, 0.2) is 0 Å². The summed E-state index contributed by atoms with van der Waals surface area (Å²) < 4.78 is 0. The van der Waals surface area contributed by atoms with Crippen LogP contribution < -0.4 is 10.6 Å². The number of aromatic carboxylic acids is 1. The number of carbonyl (C=O) groups excluding carboxylic acids is 1. The van der Waals surface area contributed by atoms with E-state index in [1.165, 1.54) is 12.1 Å². The van der Waals surface area contributed by atoms with Crippen LogP contribution in [0.4, 0.5) is 0 Å². The molecule has 1 aromatic carbocycles. The van der Waals surface area contributed by atoms with Gasteiger partial charge in [-0.05, 0) is 64.8 Å². The van der Waals surface area contributed by atoms with Crippen LogP contribution in [-0.2, 0) is 0 Å². The van der Waals surface area contributed by atoms with E-state index in [-0.39, 0.29) is 11.5 Å². The molecule has 0 fully saturated rings. The SMILES string of the molecule is CNCCCN(C)CCCNC(=O)c1cccc(C(=O)O)c1. The van der Waals surface area contributed by atoms with Crippen LogP contribution in [0.1, 0.15) is 33.6 Å². The summed E-state index contributed by atoms with van der Waals surface area (Å²) in [4.78, 5) is 25.1. The highest BCUT2D eigenvalue weighted by Crippen LogP contribution is 2.05. The second-order valence-corrected chi connectivity index (χ2v) is 5.26. The van der Waals surface area contributed by atoms with Gasteiger partial charge >= 0.3 is 5.97 Å². The molecule has 6 nitrogen and oxygen atoms in total. The molecule has 0 aromatic heterocycles. The third-order valence-corrected chi connectivity index (χ3v) is 3.34. The van der Waals surface area contributed by atoms with Gasteiger partial charge < -0.3 is 20.6 Å². The van der Waals surface area contributed by atoms with E-state index in [0.717, 1.165) is 32.5 Å². The smallest absolute Gasteiger partial charge is 0.335 e. The fourth-order valence-corrected chi connectivity index (χ4v) is 2.08. The Balaban J connectivity index is 2.28. The first-order chi connectivity index (χ1) is 10.5. The summed E-state index contributed by atoms with van der Waals surface area (Å²) in [6, 6.07) is 6.06. The van der Waals surface area contributed by atoms with E-state index >= 15 is 0 Å². The van der Waals surface area contributed by atoms with Gasteiger partial charge in [0.05, 0.1) is 5.56 Å². The minimum Gasteiger partial charge on any atom is -0.478 e. The monoisotopic (exact) mass is 307 g/mol. The van der Waals surface area contributed by atoms with Crippen LogP contribution in [0.5, 0.6) is 0 Å². The fourth-order valence-electron chi connectivity index (χ4n) is 2.08. The highest BCUT2D eigenvalue weighted by molar-refractivity contribution is 5.97. The molecule has 0 heterocycles. The number of carboxylic acid groups (broad SMARTS) is 1. The molecule has 0 unspecified atom stereocenters. The van der Waals surface area contributed by atoms with Crippen LogP contribution in [0.25, 0.3) is 0 Å². The molecule has 22 heavy (non-hydrogen) atoms. The Morgan fingerprint density at radius 1 is 1.14 bits per heavy atom. The van der Waals surface area contributed by atoms with Crippen LogP contribution >= 0.6 is 0 Å². The van der Waals surface area contributed by atoms with Crippen molar-refractivity contribution in [3.63, 3.8) is 0 Å². The van der Waals surface area contributed by atoms with Crippen molar-refractivity contribution in [2.75, 3.05) is 40.3 Å². The van der Waals surface area contributed by atoms with Gasteiger partial charge in [-0.3, -0.25) is 4.79 Å². The summed E-state index contributed by atoms with van der Waals surface area (Å²) in [6.45, 7) is 3.52. The molecule has 0 saturated carbocycles. The molecule has 0 aliphatic carbocycles. The molecular formula is C16H25N3O3. The molecule has 122 valence electrons. The highest BCUT2D eigenvalue weighted by atomic mass is 16.4. The molecule has 0 radical (unpaired) electrons. The lowest BCUT2D eigenvalue weighted by molar-refractivity contribution is 0.0697. The van der Waals surface area contributed by atoms with Crippen molar-refractivity contribution >= 4 is 11.9 Å². The largest absolute Gasteiger partial charge is 0.478 e. The fraction of sp³-hybridized carbons (Fsp3) is 0.500. The predicted molar refractivity (Wildman–Crippen MR) is 86.4 cm³/mol. The van der Waals surface area contributed by atoms with Gasteiger partial charge in [0.25, 0.3) is 5.91 Å². The van der Waals surface area contributed by atoms with Crippen molar-refractivity contribution in [3.8, 4) is 0 Å². The summed E-state index contributed by atoms with van der Waals surface area (Å²) in [5.41, 5.74) is 0.499. The number of nitrogens with zero attached hydrogens (tertiary/aromatic N) is 1. The van der Waals surface area contributed by atoms with Crippen LogP contribution in [0.3, 0.4) is 0 Å². The van der Waals surface area contributed by atoms with E-state index in [9.17, 15) is 9.59 Å². The zero-order valence-corrected chi connectivity index (χ0v) is 13.3. The molecule has 0 saturated heterocycles. The van der Waals surface area contributed by atoms with E-state index in [1.807, 2.05) is 7.05 Å². The van der Waals surface area contributed by atoms with Gasteiger partial charge in [0.1, 0.15) is 0 Å². The van der Waals surface area contributed by atoms with Crippen LogP contribution in [0, 0.1) is 0 Å². The predicted octanol–water partition coefficient (Wildman–Crippen LogP) is 1.05. The molecule has 0 aliphatic rings. The third-order valence-electron chi connectivity index (χ3n) is 3.34. The topological polar surface area (TPSA) is 81.7 Å². The Morgan fingerprint density at radius 2 is 1.77 bits per heavy atom. The summed E-state index contributed by atoms with van der Waals surface area (Å²) in [5, 5.41) is 14.8. The third kappa shape index (κ3) is 6.69. The van der Waals surface area contributed by atoms with E-state index in [0.29, 0.717) is 12.1 Å². The number of carbonyl (C=O) groups is 2. The number of hydrogen-bond donors (Lipinski definition) is 3. The molecule has 3 N–H and O–H groups in total. The first-order valence-electron chi connectivity index (χ1n) is 7.49. The first-order valence-corrected chi connectivity index (χ1v) is 7.49. The molecule has 0 spiro atoms. The van der Waals surface area contributed by atoms with Crippen LogP contribution in [0.15, 0.2) is 24.3 Å². The van der Waals surface area contributed by atoms with Crippen LogP contribution in [-0.4, -0.2) is 62.2 Å². The summed E-state index contributed by atoms with van der Waals surface area (Å²) in [7, 11) is 4.00. The molecule has 1 rings (SSSR count). The number of nitrogens with one attached hydrogen (secondary N) is 2. The normalized spacial score (nSPS) is 10.7. The molecule has 1 amide bonds. The maximum Gasteiger partial charge on any atom is 0.335 e. The maximum absolute atomic E-state index is 11.9. The lowest BCUT2D eigenvalue weighted by atomic mass is 10.1. The Kier molecular flexibility index (Phi) is 8.17. The maximum atomic E-state index is 11.9. The number of benzene rings is 1. The number of rotatable bonds is 10. The van der Waals surface area contributed by atoms with Crippen molar-refractivity contribution in [2.24, 2.45) is 0 Å². The van der Waals surface area contributed by atoms with Crippen LogP contribution in [0.2, 0.25) is 0 Å². The Bertz CT molecular complexity index is 491. The van der Waals surface area contributed by atoms with E-state index in [1.54, 1.807) is 12.1 Å². The lowest BCUT2D eigenvalue weighted by Crippen LogP contribution is -2.29. The van der Waals surface area contributed by atoms with Crippen molar-refractivity contribution < 1.29 is 14.7 Å². The number of hydrogen-bond acceptors (Lipinski definition) is 4. The second-order valence-electron chi connectivity index (χ2n) is 5.26. The molecule has 6 heteroatoms. The van der Waals surface area contributed by atoms with Gasteiger partial charge in [-0.25, -0.2) is 4.79 Å². The average molecular weight is 307 g/mol. The quantitative estimate of drug-likeness (QED) is 0.563. The minimum absolute atomic E-state index is 0.122. The molecule has 0 aliphatic heterocycles. The zero-order valence-electron chi connectivity index (χ0n) is 13.3. The van der Waals surface area contributed by atoms with Gasteiger partial charge in [-0.2, -0.15) is 0 Å². The lowest BCUT2D eigenvalue weighted by Gasteiger charge is -2.16. The Morgan fingerprint density at radius 3 is 2.41 bits per heavy atom. The van der Waals surface area contributed by atoms with E-state index in [4.69, 9.17) is 5.11 Å². The van der Waals surface area contributed by atoms with Gasteiger partial charge in [-0.1, -0.05) is 6.07 Å². The first kappa shape index (κ1) is 18.1. The van der Waals surface area contributed by atoms with E-state index < -0.39 is 5.97 Å². The van der Waals surface area contributed by atoms with Gasteiger partial charge in [0, 0.05) is 12.1 Å². The van der Waals surface area contributed by atoms with Crippen molar-refractivity contribution in [1.82, 2.24) is 15.5 Å². The number of carboxylic acids is 1. The zero-order chi connectivity index (χ0) is 16.4. The van der Waals surface area contributed by atoms with Crippen molar-refractivity contribution in [1.29, 1.82) is 0 Å². The Labute approximate surface area is 131 Å². The summed E-state index contributed by atoms with van der Waals surface area (Å²) >= 11 is 0. The summed E-state index contributed by atoms with van der Waals surface area (Å²) in [5.74, 6) is -1.27. The Hall–Kier alpha value is -1.92. The molecule has 0 bridgehead atoms. The van der Waals surface area contributed by atoms with Crippen molar-refractivity contribution in [2.45, 2.75) is 12.8 Å². The molecular weight excluding hydrogens is 282 g/mol. The second kappa shape index (κ2) is 9.92. The number of amides is 1.